The largest absolute Gasteiger partial charge is 0.396 e. The van der Waals surface area contributed by atoms with Gasteiger partial charge in [0.15, 0.2) is 0 Å². The van der Waals surface area contributed by atoms with Gasteiger partial charge in [0.05, 0.1) is 0 Å². The average Bonchev–Trinajstić information content (AvgIpc) is 2.81. The first-order chi connectivity index (χ1) is 15.9. The molecule has 2 N–H and O–H groups in total. The van der Waals surface area contributed by atoms with Crippen molar-refractivity contribution in [1.29, 1.82) is 0 Å². The highest BCUT2D eigenvalue weighted by Crippen LogP contribution is 2.12. The summed E-state index contributed by atoms with van der Waals surface area (Å²) in [5.41, 5.74) is 0. The molecule has 0 fully saturated rings. The standard InChI is InChI=1S/C30H54O2/c31-29-27-25-23-21-19-17-15-13-11-9-7-5-3-1-2-4-6-8-10-12-14-16-18-20-22-24-26-28-30-32/h31-32H,5-30H2. The lowest BCUT2D eigenvalue weighted by Gasteiger charge is -2.01. The minimum Gasteiger partial charge on any atom is -0.396 e. The Morgan fingerprint density at radius 3 is 0.750 bits per heavy atom. The first-order valence-electron chi connectivity index (χ1n) is 14.1. The van der Waals surface area contributed by atoms with Gasteiger partial charge >= 0.3 is 0 Å². The van der Waals surface area contributed by atoms with Gasteiger partial charge < -0.3 is 10.2 Å². The Labute approximate surface area is 201 Å². The molecule has 0 rings (SSSR count). The van der Waals surface area contributed by atoms with E-state index in [-0.39, 0.29) is 0 Å². The van der Waals surface area contributed by atoms with Crippen molar-refractivity contribution in [2.75, 3.05) is 13.2 Å². The summed E-state index contributed by atoms with van der Waals surface area (Å²) in [5, 5.41) is 17.5. The van der Waals surface area contributed by atoms with Crippen LogP contribution in [0.25, 0.3) is 0 Å². The van der Waals surface area contributed by atoms with Crippen LogP contribution in [0.3, 0.4) is 0 Å². The number of aliphatic hydroxyl groups excluding tert-OH is 2. The quantitative estimate of drug-likeness (QED) is 0.115. The second kappa shape index (κ2) is 30.0. The normalized spacial score (nSPS) is 10.4. The smallest absolute Gasteiger partial charge is 0.0431 e. The van der Waals surface area contributed by atoms with Crippen molar-refractivity contribution in [3.8, 4) is 23.7 Å². The van der Waals surface area contributed by atoms with Crippen molar-refractivity contribution in [3.05, 3.63) is 0 Å². The van der Waals surface area contributed by atoms with Crippen molar-refractivity contribution < 1.29 is 10.2 Å². The molecule has 0 atom stereocenters. The molecule has 0 spiro atoms. The molecule has 0 bridgehead atoms. The zero-order valence-electron chi connectivity index (χ0n) is 21.3. The number of hydrogen-bond acceptors (Lipinski definition) is 2. The maximum Gasteiger partial charge on any atom is 0.0431 e. The summed E-state index contributed by atoms with van der Waals surface area (Å²) in [5.74, 6) is 12.5. The second-order valence-corrected chi connectivity index (χ2v) is 9.33. The Balaban J connectivity index is 3.20. The second-order valence-electron chi connectivity index (χ2n) is 9.33. The van der Waals surface area contributed by atoms with Crippen LogP contribution in [0.4, 0.5) is 0 Å². The minimum absolute atomic E-state index is 0.353. The van der Waals surface area contributed by atoms with Gasteiger partial charge in [0.1, 0.15) is 0 Å². The number of hydrogen-bond donors (Lipinski definition) is 2. The molecule has 0 aliphatic carbocycles. The zero-order valence-corrected chi connectivity index (χ0v) is 21.3. The van der Waals surface area contributed by atoms with Gasteiger partial charge in [-0.3, -0.25) is 0 Å². The Bertz CT molecular complexity index is 419. The summed E-state index contributed by atoms with van der Waals surface area (Å²) in [6.45, 7) is 0.707. The Kier molecular flexibility index (Phi) is 29.1. The summed E-state index contributed by atoms with van der Waals surface area (Å²) in [6.07, 6.45) is 30.3. The molecule has 0 amide bonds. The average molecular weight is 447 g/mol. The fraction of sp³-hybridized carbons (Fsp3) is 0.867. The monoisotopic (exact) mass is 446 g/mol. The first-order valence-corrected chi connectivity index (χ1v) is 14.1. The molecule has 0 saturated heterocycles. The summed E-state index contributed by atoms with van der Waals surface area (Å²) in [4.78, 5) is 0. The van der Waals surface area contributed by atoms with Crippen LogP contribution in [0.5, 0.6) is 0 Å². The molecule has 0 aliphatic rings. The number of unbranched alkanes of at least 4 members (excludes halogenated alkanes) is 22. The predicted octanol–water partition coefficient (Wildman–Crippen LogP) is 8.34. The van der Waals surface area contributed by atoms with Crippen LogP contribution < -0.4 is 0 Å². The lowest BCUT2D eigenvalue weighted by Crippen LogP contribution is -1.84. The summed E-state index contributed by atoms with van der Waals surface area (Å²) in [6, 6.07) is 0. The van der Waals surface area contributed by atoms with Crippen molar-refractivity contribution in [3.63, 3.8) is 0 Å². The summed E-state index contributed by atoms with van der Waals surface area (Å²) in [7, 11) is 0. The third-order valence-corrected chi connectivity index (χ3v) is 6.16. The Morgan fingerprint density at radius 2 is 0.500 bits per heavy atom. The summed E-state index contributed by atoms with van der Waals surface area (Å²) < 4.78 is 0. The highest BCUT2D eigenvalue weighted by Gasteiger charge is 1.94. The van der Waals surface area contributed by atoms with Crippen LogP contribution in [0.1, 0.15) is 154 Å². The van der Waals surface area contributed by atoms with Gasteiger partial charge in [0.25, 0.3) is 0 Å². The lowest BCUT2D eigenvalue weighted by atomic mass is 10.1. The molecule has 32 heavy (non-hydrogen) atoms. The molecule has 0 aromatic rings. The van der Waals surface area contributed by atoms with E-state index in [0.717, 1.165) is 25.7 Å². The molecule has 186 valence electrons. The molecule has 2 nitrogen and oxygen atoms in total. The van der Waals surface area contributed by atoms with Crippen LogP contribution in [-0.4, -0.2) is 23.4 Å². The van der Waals surface area contributed by atoms with Crippen LogP contribution in [-0.2, 0) is 0 Å². The molecule has 0 heterocycles. The molecular formula is C30H54O2. The van der Waals surface area contributed by atoms with E-state index < -0.39 is 0 Å². The van der Waals surface area contributed by atoms with Gasteiger partial charge in [0, 0.05) is 26.1 Å². The van der Waals surface area contributed by atoms with Crippen LogP contribution in [0, 0.1) is 23.7 Å². The Hall–Kier alpha value is -0.960. The lowest BCUT2D eigenvalue weighted by molar-refractivity contribution is 0.282. The molecule has 0 saturated carbocycles. The van der Waals surface area contributed by atoms with Crippen molar-refractivity contribution in [1.82, 2.24) is 0 Å². The van der Waals surface area contributed by atoms with E-state index in [2.05, 4.69) is 23.7 Å². The third kappa shape index (κ3) is 29.0. The minimum atomic E-state index is 0.353. The Morgan fingerprint density at radius 1 is 0.281 bits per heavy atom. The molecule has 0 aromatic carbocycles. The number of aliphatic hydroxyl groups is 2. The first kappa shape index (κ1) is 31.0. The van der Waals surface area contributed by atoms with Crippen molar-refractivity contribution >= 4 is 0 Å². The van der Waals surface area contributed by atoms with Gasteiger partial charge in [-0.2, -0.15) is 0 Å². The van der Waals surface area contributed by atoms with Crippen LogP contribution in [0.2, 0.25) is 0 Å². The van der Waals surface area contributed by atoms with Gasteiger partial charge in [0.2, 0.25) is 0 Å². The van der Waals surface area contributed by atoms with E-state index in [1.54, 1.807) is 0 Å². The van der Waals surface area contributed by atoms with Crippen molar-refractivity contribution in [2.24, 2.45) is 0 Å². The van der Waals surface area contributed by atoms with E-state index in [1.807, 2.05) is 0 Å². The van der Waals surface area contributed by atoms with E-state index >= 15 is 0 Å². The van der Waals surface area contributed by atoms with E-state index in [4.69, 9.17) is 10.2 Å². The van der Waals surface area contributed by atoms with Gasteiger partial charge in [-0.15, -0.1) is 0 Å². The van der Waals surface area contributed by atoms with Crippen molar-refractivity contribution in [2.45, 2.75) is 154 Å². The van der Waals surface area contributed by atoms with Gasteiger partial charge in [-0.1, -0.05) is 127 Å². The van der Waals surface area contributed by atoms with Gasteiger partial charge in [-0.25, -0.2) is 0 Å². The molecule has 0 aliphatic heterocycles. The highest BCUT2D eigenvalue weighted by atomic mass is 16.3. The highest BCUT2D eigenvalue weighted by molar-refractivity contribution is 5.25. The third-order valence-electron chi connectivity index (χ3n) is 6.16. The SMILES string of the molecule is OCCCCCCCCCCCCCC#CC#CCCCCCCCCCCCCCO. The molecular weight excluding hydrogens is 392 g/mol. The van der Waals surface area contributed by atoms with Crippen LogP contribution >= 0.6 is 0 Å². The maximum atomic E-state index is 8.74. The molecule has 0 aromatic heterocycles. The molecule has 0 radical (unpaired) electrons. The maximum absolute atomic E-state index is 8.74. The molecule has 2 heteroatoms. The number of rotatable bonds is 24. The fourth-order valence-corrected chi connectivity index (χ4v) is 4.05. The van der Waals surface area contributed by atoms with Crippen LogP contribution in [0.15, 0.2) is 0 Å². The topological polar surface area (TPSA) is 40.5 Å². The summed E-state index contributed by atoms with van der Waals surface area (Å²) >= 11 is 0. The zero-order chi connectivity index (χ0) is 23.2. The molecule has 0 unspecified atom stereocenters. The van der Waals surface area contributed by atoms with Gasteiger partial charge in [-0.05, 0) is 37.5 Å². The van der Waals surface area contributed by atoms with E-state index in [1.165, 1.54) is 128 Å². The van der Waals surface area contributed by atoms with E-state index in [0.29, 0.717) is 13.2 Å². The fourth-order valence-electron chi connectivity index (χ4n) is 4.05. The predicted molar refractivity (Wildman–Crippen MR) is 141 cm³/mol. The van der Waals surface area contributed by atoms with E-state index in [9.17, 15) is 0 Å².